The number of carbonyl (C=O) groups is 1. The predicted octanol–water partition coefficient (Wildman–Crippen LogP) is 2.00. The number of rotatable bonds is 2. The van der Waals surface area contributed by atoms with Gasteiger partial charge in [-0.05, 0) is 18.2 Å². The number of nitrogens with zero attached hydrogens (tertiary/aromatic N) is 2. The Labute approximate surface area is 83.5 Å². The third kappa shape index (κ3) is 1.49. The van der Waals surface area contributed by atoms with Crippen molar-refractivity contribution in [2.75, 3.05) is 0 Å². The third-order valence-corrected chi connectivity index (χ3v) is 2.34. The highest BCUT2D eigenvalue weighted by Gasteiger charge is 2.01. The molecule has 0 bridgehead atoms. The van der Waals surface area contributed by atoms with Crippen molar-refractivity contribution in [3.63, 3.8) is 0 Å². The van der Waals surface area contributed by atoms with Crippen LogP contribution in [0.15, 0.2) is 28.9 Å². The number of halogens is 1. The minimum absolute atomic E-state index is 0.311. The molecule has 0 N–H and O–H groups in total. The molecule has 13 heavy (non-hydrogen) atoms. The zero-order chi connectivity index (χ0) is 9.26. The van der Waals surface area contributed by atoms with Crippen LogP contribution in [0, 0.1) is 0 Å². The summed E-state index contributed by atoms with van der Waals surface area (Å²) in [5, 5.41) is 5.13. The van der Waals surface area contributed by atoms with Crippen LogP contribution in [0.2, 0.25) is 0 Å². The average Bonchev–Trinajstić information content (AvgIpc) is 2.49. The zero-order valence-electron chi connectivity index (χ0n) is 6.77. The molecule has 0 aliphatic rings. The van der Waals surface area contributed by atoms with E-state index >= 15 is 0 Å². The van der Waals surface area contributed by atoms with Gasteiger partial charge < -0.3 is 4.79 Å². The van der Waals surface area contributed by atoms with Gasteiger partial charge in [0.1, 0.15) is 6.29 Å². The third-order valence-electron chi connectivity index (χ3n) is 1.85. The minimum Gasteiger partial charge on any atom is -0.301 e. The van der Waals surface area contributed by atoms with Crippen molar-refractivity contribution in [3.05, 3.63) is 28.9 Å². The molecule has 2 aromatic rings. The molecule has 0 unspecified atom stereocenters. The Morgan fingerprint density at radius 1 is 1.54 bits per heavy atom. The van der Waals surface area contributed by atoms with Crippen LogP contribution in [-0.4, -0.2) is 16.1 Å². The van der Waals surface area contributed by atoms with Crippen LogP contribution in [0.1, 0.15) is 0 Å². The standard InChI is InChI=1S/C9H7BrN2O/c10-8-1-2-9-7(5-8)6-11-12(9)3-4-13/h1-2,4-6H,3H2. The van der Waals surface area contributed by atoms with Crippen molar-refractivity contribution in [3.8, 4) is 0 Å². The van der Waals surface area contributed by atoms with Gasteiger partial charge in [-0.1, -0.05) is 15.9 Å². The second-order valence-electron chi connectivity index (χ2n) is 2.70. The van der Waals surface area contributed by atoms with Crippen molar-refractivity contribution in [1.82, 2.24) is 9.78 Å². The maximum absolute atomic E-state index is 10.3. The number of fused-ring (bicyclic) bond motifs is 1. The second kappa shape index (κ2) is 3.30. The van der Waals surface area contributed by atoms with Crippen LogP contribution in [-0.2, 0) is 11.3 Å². The highest BCUT2D eigenvalue weighted by molar-refractivity contribution is 9.10. The number of hydrogen-bond donors (Lipinski definition) is 0. The maximum atomic E-state index is 10.3. The normalized spacial score (nSPS) is 10.5. The molecule has 3 nitrogen and oxygen atoms in total. The SMILES string of the molecule is O=CCn1ncc2cc(Br)ccc21. The molecule has 0 spiro atoms. The van der Waals surface area contributed by atoms with Crippen molar-refractivity contribution >= 4 is 33.1 Å². The Kier molecular flexibility index (Phi) is 2.14. The topological polar surface area (TPSA) is 34.9 Å². The van der Waals surface area contributed by atoms with Gasteiger partial charge in [0.05, 0.1) is 18.3 Å². The smallest absolute Gasteiger partial charge is 0.141 e. The fourth-order valence-electron chi connectivity index (χ4n) is 1.27. The first-order chi connectivity index (χ1) is 6.31. The highest BCUT2D eigenvalue weighted by atomic mass is 79.9. The summed E-state index contributed by atoms with van der Waals surface area (Å²) >= 11 is 3.37. The van der Waals surface area contributed by atoms with E-state index in [0.717, 1.165) is 21.7 Å². The van der Waals surface area contributed by atoms with Gasteiger partial charge in [-0.2, -0.15) is 5.10 Å². The summed E-state index contributed by atoms with van der Waals surface area (Å²) in [6.45, 7) is 0.311. The van der Waals surface area contributed by atoms with Gasteiger partial charge in [0, 0.05) is 9.86 Å². The summed E-state index contributed by atoms with van der Waals surface area (Å²) in [5.41, 5.74) is 0.982. The van der Waals surface area contributed by atoms with E-state index in [1.54, 1.807) is 10.9 Å². The lowest BCUT2D eigenvalue weighted by Gasteiger charge is -1.96. The molecule has 0 aliphatic heterocycles. The van der Waals surface area contributed by atoms with Crippen LogP contribution < -0.4 is 0 Å². The number of benzene rings is 1. The van der Waals surface area contributed by atoms with E-state index in [-0.39, 0.29) is 0 Å². The Morgan fingerprint density at radius 2 is 2.38 bits per heavy atom. The minimum atomic E-state index is 0.311. The number of hydrogen-bond acceptors (Lipinski definition) is 2. The molecule has 0 saturated carbocycles. The number of carbonyl (C=O) groups excluding carboxylic acids is 1. The van der Waals surface area contributed by atoms with Crippen molar-refractivity contribution < 1.29 is 4.79 Å². The van der Waals surface area contributed by atoms with Crippen LogP contribution in [0.4, 0.5) is 0 Å². The van der Waals surface area contributed by atoms with Gasteiger partial charge in [-0.3, -0.25) is 4.68 Å². The van der Waals surface area contributed by atoms with E-state index in [0.29, 0.717) is 6.54 Å². The fourth-order valence-corrected chi connectivity index (χ4v) is 1.65. The first-order valence-corrected chi connectivity index (χ1v) is 4.65. The first-order valence-electron chi connectivity index (χ1n) is 3.86. The molecule has 0 fully saturated rings. The molecule has 66 valence electrons. The lowest BCUT2D eigenvalue weighted by Crippen LogP contribution is -1.99. The number of aldehydes is 1. The zero-order valence-corrected chi connectivity index (χ0v) is 8.36. The van der Waals surface area contributed by atoms with E-state index in [1.165, 1.54) is 0 Å². The molecule has 1 aromatic heterocycles. The lowest BCUT2D eigenvalue weighted by molar-refractivity contribution is -0.108. The molecule has 4 heteroatoms. The second-order valence-corrected chi connectivity index (χ2v) is 3.61. The molecular formula is C9H7BrN2O. The summed E-state index contributed by atoms with van der Waals surface area (Å²) in [6, 6.07) is 5.85. The van der Waals surface area contributed by atoms with Gasteiger partial charge >= 0.3 is 0 Å². The Bertz CT molecular complexity index is 450. The molecule has 0 saturated heterocycles. The van der Waals surface area contributed by atoms with Gasteiger partial charge in [-0.25, -0.2) is 0 Å². The lowest BCUT2D eigenvalue weighted by atomic mass is 10.2. The van der Waals surface area contributed by atoms with Gasteiger partial charge in [0.25, 0.3) is 0 Å². The molecule has 2 rings (SSSR count). The van der Waals surface area contributed by atoms with Crippen LogP contribution in [0.3, 0.4) is 0 Å². The largest absolute Gasteiger partial charge is 0.301 e. The van der Waals surface area contributed by atoms with E-state index in [9.17, 15) is 4.79 Å². The first kappa shape index (κ1) is 8.44. The Balaban J connectivity index is 2.61. The van der Waals surface area contributed by atoms with E-state index in [2.05, 4.69) is 21.0 Å². The molecule has 1 heterocycles. The summed E-state index contributed by atoms with van der Waals surface area (Å²) < 4.78 is 2.69. The molecule has 1 aromatic carbocycles. The quantitative estimate of drug-likeness (QED) is 0.751. The van der Waals surface area contributed by atoms with Crippen LogP contribution >= 0.6 is 15.9 Å². The van der Waals surface area contributed by atoms with E-state index < -0.39 is 0 Å². The van der Waals surface area contributed by atoms with Crippen molar-refractivity contribution in [2.24, 2.45) is 0 Å². The molecule has 0 amide bonds. The van der Waals surface area contributed by atoms with Crippen molar-refractivity contribution in [2.45, 2.75) is 6.54 Å². The molecule has 0 atom stereocenters. The Hall–Kier alpha value is -1.16. The molecule has 0 aliphatic carbocycles. The monoisotopic (exact) mass is 238 g/mol. The van der Waals surface area contributed by atoms with E-state index in [4.69, 9.17) is 0 Å². The van der Waals surface area contributed by atoms with Gasteiger partial charge in [-0.15, -0.1) is 0 Å². The molecular weight excluding hydrogens is 232 g/mol. The average molecular weight is 239 g/mol. The van der Waals surface area contributed by atoms with E-state index in [1.807, 2.05) is 18.2 Å². The predicted molar refractivity (Wildman–Crippen MR) is 53.5 cm³/mol. The maximum Gasteiger partial charge on any atom is 0.141 e. The highest BCUT2D eigenvalue weighted by Crippen LogP contribution is 2.18. The summed E-state index contributed by atoms with van der Waals surface area (Å²) in [7, 11) is 0. The van der Waals surface area contributed by atoms with Gasteiger partial charge in [0.2, 0.25) is 0 Å². The number of aromatic nitrogens is 2. The molecule has 0 radical (unpaired) electrons. The Morgan fingerprint density at radius 3 is 3.15 bits per heavy atom. The van der Waals surface area contributed by atoms with Crippen LogP contribution in [0.5, 0.6) is 0 Å². The fraction of sp³-hybridized carbons (Fsp3) is 0.111. The van der Waals surface area contributed by atoms with Gasteiger partial charge in [0.15, 0.2) is 0 Å². The summed E-state index contributed by atoms with van der Waals surface area (Å²) in [6.07, 6.45) is 2.60. The van der Waals surface area contributed by atoms with Crippen LogP contribution in [0.25, 0.3) is 10.9 Å². The summed E-state index contributed by atoms with van der Waals surface area (Å²) in [4.78, 5) is 10.3. The summed E-state index contributed by atoms with van der Waals surface area (Å²) in [5.74, 6) is 0. The van der Waals surface area contributed by atoms with Crippen molar-refractivity contribution in [1.29, 1.82) is 0 Å².